The van der Waals surface area contributed by atoms with Crippen LogP contribution in [0.2, 0.25) is 0 Å². The molecule has 98 valence electrons. The van der Waals surface area contributed by atoms with Crippen LogP contribution < -0.4 is 11.1 Å². The number of thiazole rings is 1. The van der Waals surface area contributed by atoms with Crippen LogP contribution in [0.3, 0.4) is 0 Å². The number of aromatic carboxylic acids is 1. The molecule has 0 radical (unpaired) electrons. The van der Waals surface area contributed by atoms with Crippen LogP contribution in [0.15, 0.2) is 23.6 Å². The molecule has 1 aromatic heterocycles. The van der Waals surface area contributed by atoms with E-state index in [1.807, 2.05) is 0 Å². The fraction of sp³-hybridized carbons (Fsp3) is 0. The second-order valence-electron chi connectivity index (χ2n) is 3.56. The van der Waals surface area contributed by atoms with Crippen LogP contribution >= 0.6 is 11.3 Å². The number of carboxylic acids is 1. The number of carbonyl (C=O) groups excluding carboxylic acids is 1. The summed E-state index contributed by atoms with van der Waals surface area (Å²) in [6.45, 7) is 0. The number of carboxylic acid groups (broad SMARTS) is 1. The largest absolute Gasteiger partial charge is 0.507 e. The molecule has 0 aliphatic carbocycles. The van der Waals surface area contributed by atoms with Crippen molar-refractivity contribution in [1.82, 2.24) is 4.98 Å². The molecule has 0 saturated heterocycles. The van der Waals surface area contributed by atoms with Crippen molar-refractivity contribution in [2.24, 2.45) is 0 Å². The maximum Gasteiger partial charge on any atom is 0.339 e. The molecule has 0 fully saturated rings. The number of amides is 1. The van der Waals surface area contributed by atoms with Gasteiger partial charge in [0.15, 0.2) is 5.13 Å². The number of anilines is 2. The normalized spacial score (nSPS) is 10.1. The first-order valence-electron chi connectivity index (χ1n) is 5.06. The van der Waals surface area contributed by atoms with Crippen LogP contribution in [-0.2, 0) is 0 Å². The van der Waals surface area contributed by atoms with E-state index in [0.29, 0.717) is 0 Å². The van der Waals surface area contributed by atoms with Crippen molar-refractivity contribution in [3.63, 3.8) is 0 Å². The monoisotopic (exact) mass is 279 g/mol. The number of hydrogen-bond donors (Lipinski definition) is 4. The molecular formula is C11H9N3O4S. The minimum atomic E-state index is -1.25. The molecule has 0 bridgehead atoms. The van der Waals surface area contributed by atoms with Crippen molar-refractivity contribution >= 4 is 34.0 Å². The molecule has 0 aliphatic heterocycles. The van der Waals surface area contributed by atoms with E-state index in [2.05, 4.69) is 10.3 Å². The van der Waals surface area contributed by atoms with Crippen molar-refractivity contribution in [3.8, 4) is 5.75 Å². The molecule has 0 saturated carbocycles. The van der Waals surface area contributed by atoms with Gasteiger partial charge >= 0.3 is 5.97 Å². The van der Waals surface area contributed by atoms with E-state index in [9.17, 15) is 14.7 Å². The number of hydrogen-bond acceptors (Lipinski definition) is 6. The Hall–Kier alpha value is -2.61. The first kappa shape index (κ1) is 12.8. The highest BCUT2D eigenvalue weighted by Gasteiger charge is 2.13. The SMILES string of the molecule is Nc1nc(C(=O)Nc2ccc(C(=O)O)c(O)c2)cs1. The third-order valence-corrected chi connectivity index (χ3v) is 2.91. The second kappa shape index (κ2) is 4.94. The maximum atomic E-state index is 11.7. The number of aromatic hydroxyl groups is 1. The number of nitrogen functional groups attached to an aromatic ring is 1. The summed E-state index contributed by atoms with van der Waals surface area (Å²) in [6.07, 6.45) is 0. The number of carbonyl (C=O) groups is 2. The van der Waals surface area contributed by atoms with Crippen LogP contribution in [-0.4, -0.2) is 27.1 Å². The molecule has 0 aliphatic rings. The predicted molar refractivity (Wildman–Crippen MR) is 69.5 cm³/mol. The van der Waals surface area contributed by atoms with E-state index in [4.69, 9.17) is 10.8 Å². The molecule has 8 heteroatoms. The van der Waals surface area contributed by atoms with Crippen LogP contribution in [0.4, 0.5) is 10.8 Å². The first-order valence-corrected chi connectivity index (χ1v) is 5.94. The molecule has 1 amide bonds. The van der Waals surface area contributed by atoms with Crippen molar-refractivity contribution in [2.45, 2.75) is 0 Å². The van der Waals surface area contributed by atoms with Gasteiger partial charge in [0.1, 0.15) is 17.0 Å². The van der Waals surface area contributed by atoms with E-state index in [0.717, 1.165) is 17.4 Å². The molecule has 1 heterocycles. The van der Waals surface area contributed by atoms with Crippen molar-refractivity contribution in [2.75, 3.05) is 11.1 Å². The van der Waals surface area contributed by atoms with Gasteiger partial charge < -0.3 is 21.3 Å². The highest BCUT2D eigenvalue weighted by Crippen LogP contribution is 2.22. The molecular weight excluding hydrogens is 270 g/mol. The van der Waals surface area contributed by atoms with Gasteiger partial charge in [-0.2, -0.15) is 0 Å². The van der Waals surface area contributed by atoms with E-state index in [-0.39, 0.29) is 22.1 Å². The van der Waals surface area contributed by atoms with Gasteiger partial charge in [0, 0.05) is 17.1 Å². The zero-order valence-corrected chi connectivity index (χ0v) is 10.3. The summed E-state index contributed by atoms with van der Waals surface area (Å²) in [6, 6.07) is 3.72. The fourth-order valence-corrected chi connectivity index (χ4v) is 1.92. The zero-order chi connectivity index (χ0) is 14.0. The standard InChI is InChI=1S/C11H9N3O4S/c12-11-14-7(4-19-11)9(16)13-5-1-2-6(10(17)18)8(15)3-5/h1-4,15H,(H2,12,14)(H,13,16)(H,17,18). The summed E-state index contributed by atoms with van der Waals surface area (Å²) in [4.78, 5) is 26.2. The van der Waals surface area contributed by atoms with Gasteiger partial charge in [0.2, 0.25) is 0 Å². The lowest BCUT2D eigenvalue weighted by Crippen LogP contribution is -2.12. The smallest absolute Gasteiger partial charge is 0.339 e. The van der Waals surface area contributed by atoms with Gasteiger partial charge in [-0.05, 0) is 12.1 Å². The summed E-state index contributed by atoms with van der Waals surface area (Å²) in [5, 5.41) is 22.5. The van der Waals surface area contributed by atoms with E-state index in [1.165, 1.54) is 17.5 Å². The highest BCUT2D eigenvalue weighted by molar-refractivity contribution is 7.13. The summed E-state index contributed by atoms with van der Waals surface area (Å²) in [5.74, 6) is -2.17. The zero-order valence-electron chi connectivity index (χ0n) is 9.45. The number of aromatic nitrogens is 1. The lowest BCUT2D eigenvalue weighted by atomic mass is 10.2. The second-order valence-corrected chi connectivity index (χ2v) is 4.45. The quantitative estimate of drug-likeness (QED) is 0.672. The third kappa shape index (κ3) is 2.80. The Morgan fingerprint density at radius 2 is 2.11 bits per heavy atom. The van der Waals surface area contributed by atoms with Gasteiger partial charge in [0.25, 0.3) is 5.91 Å². The van der Waals surface area contributed by atoms with Gasteiger partial charge in [-0.1, -0.05) is 0 Å². The number of nitrogens with zero attached hydrogens (tertiary/aromatic N) is 1. The molecule has 19 heavy (non-hydrogen) atoms. The van der Waals surface area contributed by atoms with Gasteiger partial charge in [-0.3, -0.25) is 4.79 Å². The minimum absolute atomic E-state index is 0.157. The number of nitrogens with two attached hydrogens (primary N) is 1. The Bertz CT molecular complexity index is 653. The minimum Gasteiger partial charge on any atom is -0.507 e. The number of phenols is 1. The lowest BCUT2D eigenvalue weighted by molar-refractivity contribution is 0.0693. The molecule has 1 aromatic carbocycles. The summed E-state index contributed by atoms with van der Waals surface area (Å²) < 4.78 is 0. The number of benzene rings is 1. The van der Waals surface area contributed by atoms with Gasteiger partial charge in [-0.15, -0.1) is 11.3 Å². The molecule has 2 aromatic rings. The van der Waals surface area contributed by atoms with Crippen LogP contribution in [0.5, 0.6) is 5.75 Å². The third-order valence-electron chi connectivity index (χ3n) is 2.24. The molecule has 0 atom stereocenters. The summed E-state index contributed by atoms with van der Waals surface area (Å²) in [5.41, 5.74) is 5.59. The van der Waals surface area contributed by atoms with Crippen molar-refractivity contribution in [3.05, 3.63) is 34.8 Å². The molecule has 7 nitrogen and oxygen atoms in total. The predicted octanol–water partition coefficient (Wildman–Crippen LogP) is 1.38. The molecule has 2 rings (SSSR count). The maximum absolute atomic E-state index is 11.7. The van der Waals surface area contributed by atoms with Gasteiger partial charge in [-0.25, -0.2) is 9.78 Å². The molecule has 0 spiro atoms. The van der Waals surface area contributed by atoms with Crippen molar-refractivity contribution in [1.29, 1.82) is 0 Å². The Balaban J connectivity index is 2.18. The Morgan fingerprint density at radius 1 is 1.37 bits per heavy atom. The fourth-order valence-electron chi connectivity index (χ4n) is 1.38. The summed E-state index contributed by atoms with van der Waals surface area (Å²) >= 11 is 1.13. The van der Waals surface area contributed by atoms with Crippen molar-refractivity contribution < 1.29 is 19.8 Å². The van der Waals surface area contributed by atoms with Crippen LogP contribution in [0.25, 0.3) is 0 Å². The summed E-state index contributed by atoms with van der Waals surface area (Å²) in [7, 11) is 0. The van der Waals surface area contributed by atoms with Gasteiger partial charge in [0.05, 0.1) is 0 Å². The Kier molecular flexibility index (Phi) is 3.34. The number of rotatable bonds is 3. The Labute approximate surface area is 111 Å². The van der Waals surface area contributed by atoms with E-state index < -0.39 is 17.6 Å². The number of nitrogens with one attached hydrogen (secondary N) is 1. The average Bonchev–Trinajstić information content (AvgIpc) is 2.75. The lowest BCUT2D eigenvalue weighted by Gasteiger charge is -2.05. The van der Waals surface area contributed by atoms with E-state index >= 15 is 0 Å². The average molecular weight is 279 g/mol. The molecule has 5 N–H and O–H groups in total. The Morgan fingerprint density at radius 3 is 2.63 bits per heavy atom. The van der Waals surface area contributed by atoms with Crippen LogP contribution in [0, 0.1) is 0 Å². The first-order chi connectivity index (χ1) is 8.97. The highest BCUT2D eigenvalue weighted by atomic mass is 32.1. The van der Waals surface area contributed by atoms with Crippen LogP contribution in [0.1, 0.15) is 20.8 Å². The van der Waals surface area contributed by atoms with E-state index in [1.54, 1.807) is 0 Å². The molecule has 0 unspecified atom stereocenters. The topological polar surface area (TPSA) is 126 Å².